The van der Waals surface area contributed by atoms with E-state index in [4.69, 9.17) is 10.2 Å². The van der Waals surface area contributed by atoms with Crippen molar-refractivity contribution in [3.8, 4) is 0 Å². The monoisotopic (exact) mass is 692 g/mol. The summed E-state index contributed by atoms with van der Waals surface area (Å²) in [7, 11) is 0. The van der Waals surface area contributed by atoms with E-state index in [-0.39, 0.29) is 48.0 Å². The van der Waals surface area contributed by atoms with E-state index in [0.717, 1.165) is 0 Å². The van der Waals surface area contributed by atoms with Crippen LogP contribution < -0.4 is 42.4 Å². The van der Waals surface area contributed by atoms with E-state index < -0.39 is 18.4 Å². The normalized spacial score (nSPS) is 9.71. The van der Waals surface area contributed by atoms with E-state index in [0.29, 0.717) is 0 Å². The van der Waals surface area contributed by atoms with Crippen LogP contribution in [0.3, 0.4) is 0 Å². The van der Waals surface area contributed by atoms with Gasteiger partial charge < -0.3 is 10.2 Å². The van der Waals surface area contributed by atoms with Crippen LogP contribution in [0.2, 0.25) is 0 Å². The molecule has 35 heavy (non-hydrogen) atoms. The number of carboxylic acids is 2. The summed E-state index contributed by atoms with van der Waals surface area (Å²) in [5, 5.41) is 16.1. The molecule has 182 valence electrons. The quantitative estimate of drug-likeness (QED) is 0.207. The number of halogens is 2. The molecule has 0 fully saturated rings. The number of hydrogen-bond donors (Lipinski definition) is 2. The Kier molecular flexibility index (Phi) is 13.4. The van der Waals surface area contributed by atoms with Crippen LogP contribution in [-0.2, 0) is 9.59 Å². The van der Waals surface area contributed by atoms with Gasteiger partial charge >= 0.3 is 190 Å². The van der Waals surface area contributed by atoms with Gasteiger partial charge in [0.05, 0.1) is 6.42 Å². The Balaban J connectivity index is 0.000000190. The molecule has 0 atom stereocenters. The first kappa shape index (κ1) is 28.3. The minimum absolute atomic E-state index is 0.0287. The van der Waals surface area contributed by atoms with Gasteiger partial charge in [-0.1, -0.05) is 6.58 Å². The SMILES string of the molecule is C=C(CC(=O)O)C(=O)O.c1ccc([I-]c2ccccc2)cc1.c1ccc([I-]c2ccccc2)cc1. The summed E-state index contributed by atoms with van der Waals surface area (Å²) in [6, 6.07) is 42.8. The summed E-state index contributed by atoms with van der Waals surface area (Å²) in [6.07, 6.45) is -0.505. The molecule has 2 N–H and O–H groups in total. The van der Waals surface area contributed by atoms with Gasteiger partial charge in [-0.25, -0.2) is 4.79 Å². The maximum atomic E-state index is 9.87. The van der Waals surface area contributed by atoms with E-state index in [1.54, 1.807) is 0 Å². The first-order valence-electron chi connectivity index (χ1n) is 10.6. The molecule has 4 rings (SSSR count). The molecule has 0 unspecified atom stereocenters. The molecule has 4 nitrogen and oxygen atoms in total. The summed E-state index contributed by atoms with van der Waals surface area (Å²) in [5.41, 5.74) is -0.303. The van der Waals surface area contributed by atoms with Crippen LogP contribution >= 0.6 is 0 Å². The number of benzene rings is 4. The Labute approximate surface area is 226 Å². The Bertz CT molecular complexity index is 1010. The van der Waals surface area contributed by atoms with E-state index in [2.05, 4.69) is 128 Å². The maximum absolute atomic E-state index is 9.87. The fraction of sp³-hybridized carbons (Fsp3) is 0.0345. The molecule has 4 aromatic carbocycles. The van der Waals surface area contributed by atoms with Gasteiger partial charge in [0.2, 0.25) is 0 Å². The standard InChI is InChI=1S/2C12H10I.C5H6O4/c2*1-3-7-11(8-4-1)13-12-9-5-2-6-10-12;1-3(5(8)9)2-4(6)7/h2*1-10H;1-2H2,(H,6,7)(H,8,9)/q2*-1;. The summed E-state index contributed by atoms with van der Waals surface area (Å²) in [5.74, 6) is -2.44. The molecule has 6 heteroatoms. The first-order valence-corrected chi connectivity index (χ1v) is 14.9. The van der Waals surface area contributed by atoms with Crippen molar-refractivity contribution < 1.29 is 62.2 Å². The van der Waals surface area contributed by atoms with Crippen molar-refractivity contribution in [2.75, 3.05) is 0 Å². The molecule has 0 amide bonds. The molecule has 4 aromatic rings. The Morgan fingerprint density at radius 2 is 0.800 bits per heavy atom. The molecule has 0 aliphatic heterocycles. The van der Waals surface area contributed by atoms with Gasteiger partial charge in [0.15, 0.2) is 0 Å². The van der Waals surface area contributed by atoms with E-state index in [9.17, 15) is 9.59 Å². The zero-order valence-electron chi connectivity index (χ0n) is 18.9. The second-order valence-corrected chi connectivity index (χ2v) is 12.9. The Morgan fingerprint density at radius 3 is 0.971 bits per heavy atom. The third-order valence-corrected chi connectivity index (χ3v) is 9.40. The number of rotatable bonds is 7. The van der Waals surface area contributed by atoms with Gasteiger partial charge in [0, 0.05) is 5.57 Å². The van der Waals surface area contributed by atoms with Crippen LogP contribution in [0, 0.1) is 14.3 Å². The predicted molar refractivity (Wildman–Crippen MR) is 130 cm³/mol. The zero-order chi connectivity index (χ0) is 25.3. The number of aliphatic carboxylic acids is 2. The molecule has 0 aromatic heterocycles. The Morgan fingerprint density at radius 1 is 0.543 bits per heavy atom. The summed E-state index contributed by atoms with van der Waals surface area (Å²) < 4.78 is 5.92. The van der Waals surface area contributed by atoms with Gasteiger partial charge in [0.25, 0.3) is 0 Å². The molecule has 0 saturated heterocycles. The number of hydrogen-bond acceptors (Lipinski definition) is 2. The van der Waals surface area contributed by atoms with E-state index in [1.165, 1.54) is 14.3 Å². The third-order valence-electron chi connectivity index (χ3n) is 4.04. The van der Waals surface area contributed by atoms with Crippen molar-refractivity contribution >= 4 is 11.9 Å². The molecule has 0 spiro atoms. The van der Waals surface area contributed by atoms with E-state index >= 15 is 0 Å². The van der Waals surface area contributed by atoms with Crippen LogP contribution in [-0.4, -0.2) is 22.2 Å². The van der Waals surface area contributed by atoms with Gasteiger partial charge in [-0.15, -0.1) is 0 Å². The van der Waals surface area contributed by atoms with Crippen molar-refractivity contribution in [3.63, 3.8) is 0 Å². The first-order chi connectivity index (χ1) is 16.9. The number of carboxylic acid groups (broad SMARTS) is 2. The average Bonchev–Trinajstić information content (AvgIpc) is 2.87. The van der Waals surface area contributed by atoms with Gasteiger partial charge in [-0.05, 0) is 0 Å². The van der Waals surface area contributed by atoms with Crippen LogP contribution in [0.1, 0.15) is 6.42 Å². The molecular weight excluding hydrogens is 666 g/mol. The van der Waals surface area contributed by atoms with Crippen molar-refractivity contribution in [2.45, 2.75) is 6.42 Å². The van der Waals surface area contributed by atoms with Crippen molar-refractivity contribution in [3.05, 3.63) is 148 Å². The molecular formula is C29H26I2O4-2. The molecule has 0 heterocycles. The second-order valence-electron chi connectivity index (χ2n) is 6.85. The summed E-state index contributed by atoms with van der Waals surface area (Å²) in [4.78, 5) is 19.7. The molecule has 0 bridgehead atoms. The van der Waals surface area contributed by atoms with Crippen LogP contribution in [0.4, 0.5) is 0 Å². The molecule has 0 radical (unpaired) electrons. The number of carbonyl (C=O) groups is 2. The van der Waals surface area contributed by atoms with Gasteiger partial charge in [-0.3, -0.25) is 4.79 Å². The van der Waals surface area contributed by atoms with Crippen LogP contribution in [0.5, 0.6) is 0 Å². The van der Waals surface area contributed by atoms with E-state index in [1.807, 2.05) is 0 Å². The van der Waals surface area contributed by atoms with Gasteiger partial charge in [-0.2, -0.15) is 0 Å². The van der Waals surface area contributed by atoms with Gasteiger partial charge in [0.1, 0.15) is 0 Å². The van der Waals surface area contributed by atoms with Crippen LogP contribution in [0.25, 0.3) is 0 Å². The fourth-order valence-corrected chi connectivity index (χ4v) is 6.96. The third kappa shape index (κ3) is 12.9. The predicted octanol–water partition coefficient (Wildman–Crippen LogP) is -0.268. The molecule has 0 saturated carbocycles. The van der Waals surface area contributed by atoms with Crippen molar-refractivity contribution in [1.29, 1.82) is 0 Å². The van der Waals surface area contributed by atoms with Crippen molar-refractivity contribution in [1.82, 2.24) is 0 Å². The summed E-state index contributed by atoms with van der Waals surface area (Å²) >= 11 is 0.0574. The molecule has 0 aliphatic rings. The van der Waals surface area contributed by atoms with Crippen LogP contribution in [0.15, 0.2) is 133 Å². The zero-order valence-corrected chi connectivity index (χ0v) is 23.2. The average molecular weight is 692 g/mol. The minimum atomic E-state index is -1.27. The van der Waals surface area contributed by atoms with Crippen molar-refractivity contribution in [2.24, 2.45) is 0 Å². The second kappa shape index (κ2) is 16.6. The fourth-order valence-electron chi connectivity index (χ4n) is 2.42. The Hall–Kier alpha value is -2.98. The summed E-state index contributed by atoms with van der Waals surface area (Å²) in [6.45, 7) is 3.01. The topological polar surface area (TPSA) is 74.6 Å². The molecule has 0 aliphatic carbocycles.